The highest BCUT2D eigenvalue weighted by Gasteiger charge is 2.51. The van der Waals surface area contributed by atoms with E-state index in [1.54, 1.807) is 5.57 Å². The minimum absolute atomic E-state index is 0.888. The lowest BCUT2D eigenvalue weighted by Gasteiger charge is -2.11. The van der Waals surface area contributed by atoms with Crippen molar-refractivity contribution in [2.24, 2.45) is 29.6 Å². The number of hydrogen-bond acceptors (Lipinski definition) is 0. The molecule has 0 spiro atoms. The summed E-state index contributed by atoms with van der Waals surface area (Å²) in [6.45, 7) is 9.26. The fourth-order valence-corrected chi connectivity index (χ4v) is 3.67. The van der Waals surface area contributed by atoms with Crippen LogP contribution < -0.4 is 0 Å². The monoisotopic (exact) mass is 260 g/mol. The van der Waals surface area contributed by atoms with Gasteiger partial charge in [-0.05, 0) is 75.5 Å². The summed E-state index contributed by atoms with van der Waals surface area (Å²) in [5, 5.41) is 0. The van der Waals surface area contributed by atoms with Gasteiger partial charge in [-0.15, -0.1) is 0 Å². The SMILES string of the molecule is CC=CCC(CC)CCC=C(C)C1CC1C1CC1C. The lowest BCUT2D eigenvalue weighted by molar-refractivity contribution is 0.479. The van der Waals surface area contributed by atoms with Crippen molar-refractivity contribution in [2.75, 3.05) is 0 Å². The van der Waals surface area contributed by atoms with Crippen LogP contribution in [0.15, 0.2) is 23.8 Å². The van der Waals surface area contributed by atoms with E-state index in [1.165, 1.54) is 38.5 Å². The normalized spacial score (nSPS) is 35.7. The first-order valence-electron chi connectivity index (χ1n) is 8.45. The zero-order valence-corrected chi connectivity index (χ0v) is 13.4. The Morgan fingerprint density at radius 3 is 2.58 bits per heavy atom. The summed E-state index contributed by atoms with van der Waals surface area (Å²) in [5.41, 5.74) is 1.70. The Morgan fingerprint density at radius 1 is 1.26 bits per heavy atom. The highest BCUT2D eigenvalue weighted by Crippen LogP contribution is 2.59. The second kappa shape index (κ2) is 6.77. The van der Waals surface area contributed by atoms with Crippen LogP contribution in [0.2, 0.25) is 0 Å². The first-order valence-corrected chi connectivity index (χ1v) is 8.45. The van der Waals surface area contributed by atoms with E-state index in [-0.39, 0.29) is 0 Å². The van der Waals surface area contributed by atoms with Crippen molar-refractivity contribution < 1.29 is 0 Å². The molecule has 0 bridgehead atoms. The standard InChI is InChI=1S/C19H32/c1-5-7-10-16(6-2)11-8-9-14(3)18-13-19(18)17-12-15(17)4/h5,7,9,15-19H,6,8,10-13H2,1-4H3. The topological polar surface area (TPSA) is 0 Å². The summed E-state index contributed by atoms with van der Waals surface area (Å²) in [7, 11) is 0. The second-order valence-electron chi connectivity index (χ2n) is 6.99. The van der Waals surface area contributed by atoms with E-state index in [0.29, 0.717) is 0 Å². The smallest absolute Gasteiger partial charge is 0.0172 e. The Balaban J connectivity index is 1.67. The van der Waals surface area contributed by atoms with E-state index in [9.17, 15) is 0 Å². The van der Waals surface area contributed by atoms with Crippen molar-refractivity contribution >= 4 is 0 Å². The maximum absolute atomic E-state index is 2.55. The van der Waals surface area contributed by atoms with Gasteiger partial charge in [-0.3, -0.25) is 0 Å². The van der Waals surface area contributed by atoms with Crippen LogP contribution in [0.4, 0.5) is 0 Å². The molecule has 0 saturated heterocycles. The van der Waals surface area contributed by atoms with E-state index in [4.69, 9.17) is 0 Å². The van der Waals surface area contributed by atoms with Crippen LogP contribution >= 0.6 is 0 Å². The summed E-state index contributed by atoms with van der Waals surface area (Å²) in [6.07, 6.45) is 15.3. The molecular weight excluding hydrogens is 228 g/mol. The first-order chi connectivity index (χ1) is 9.17. The Morgan fingerprint density at radius 2 is 2.00 bits per heavy atom. The fraction of sp³-hybridized carbons (Fsp3) is 0.789. The predicted octanol–water partition coefficient (Wildman–Crippen LogP) is 6.00. The molecule has 2 aliphatic carbocycles. The Labute approximate surface area is 120 Å². The molecule has 0 aromatic carbocycles. The van der Waals surface area contributed by atoms with Gasteiger partial charge >= 0.3 is 0 Å². The second-order valence-corrected chi connectivity index (χ2v) is 6.99. The lowest BCUT2D eigenvalue weighted by atomic mass is 9.95. The lowest BCUT2D eigenvalue weighted by Crippen LogP contribution is -1.96. The maximum Gasteiger partial charge on any atom is -0.0172 e. The highest BCUT2D eigenvalue weighted by molar-refractivity contribution is 5.16. The van der Waals surface area contributed by atoms with Gasteiger partial charge in [0.25, 0.3) is 0 Å². The van der Waals surface area contributed by atoms with Gasteiger partial charge in [0.05, 0.1) is 0 Å². The van der Waals surface area contributed by atoms with E-state index in [0.717, 1.165) is 29.6 Å². The summed E-state index contributed by atoms with van der Waals surface area (Å²) < 4.78 is 0. The van der Waals surface area contributed by atoms with E-state index >= 15 is 0 Å². The Kier molecular flexibility index (Phi) is 5.30. The molecule has 2 rings (SSSR count). The van der Waals surface area contributed by atoms with Gasteiger partial charge in [0.15, 0.2) is 0 Å². The first kappa shape index (κ1) is 14.9. The van der Waals surface area contributed by atoms with Gasteiger partial charge in [-0.1, -0.05) is 44.1 Å². The number of rotatable bonds is 8. The molecule has 0 heteroatoms. The summed E-state index contributed by atoms with van der Waals surface area (Å²) in [4.78, 5) is 0. The average Bonchev–Trinajstić information content (AvgIpc) is 3.28. The molecule has 0 radical (unpaired) electrons. The van der Waals surface area contributed by atoms with Gasteiger partial charge in [-0.25, -0.2) is 0 Å². The molecule has 2 saturated carbocycles. The largest absolute Gasteiger partial charge is 0.0917 e. The molecule has 0 aromatic rings. The van der Waals surface area contributed by atoms with Gasteiger partial charge in [0, 0.05) is 0 Å². The molecule has 0 amide bonds. The van der Waals surface area contributed by atoms with Crippen molar-refractivity contribution in [3.63, 3.8) is 0 Å². The number of allylic oxidation sites excluding steroid dienone is 4. The zero-order valence-electron chi connectivity index (χ0n) is 13.4. The molecule has 0 nitrogen and oxygen atoms in total. The molecule has 0 aliphatic heterocycles. The van der Waals surface area contributed by atoms with Gasteiger partial charge in [0.1, 0.15) is 0 Å². The van der Waals surface area contributed by atoms with Crippen molar-refractivity contribution in [1.29, 1.82) is 0 Å². The van der Waals surface area contributed by atoms with Crippen molar-refractivity contribution in [2.45, 2.75) is 66.2 Å². The molecule has 0 N–H and O–H groups in total. The average molecular weight is 260 g/mol. The predicted molar refractivity (Wildman–Crippen MR) is 85.1 cm³/mol. The van der Waals surface area contributed by atoms with Gasteiger partial charge < -0.3 is 0 Å². The Hall–Kier alpha value is -0.520. The van der Waals surface area contributed by atoms with Crippen molar-refractivity contribution in [3.05, 3.63) is 23.8 Å². The third kappa shape index (κ3) is 4.23. The van der Waals surface area contributed by atoms with E-state index in [2.05, 4.69) is 45.9 Å². The van der Waals surface area contributed by atoms with Crippen LogP contribution in [0.25, 0.3) is 0 Å². The van der Waals surface area contributed by atoms with Crippen LogP contribution in [-0.4, -0.2) is 0 Å². The molecule has 0 aromatic heterocycles. The molecule has 5 unspecified atom stereocenters. The fourth-order valence-electron chi connectivity index (χ4n) is 3.67. The quantitative estimate of drug-likeness (QED) is 0.470. The molecule has 5 atom stereocenters. The molecule has 0 heterocycles. The van der Waals surface area contributed by atoms with Crippen LogP contribution in [0, 0.1) is 29.6 Å². The van der Waals surface area contributed by atoms with Crippen LogP contribution in [0.5, 0.6) is 0 Å². The molecule has 2 fully saturated rings. The summed E-state index contributed by atoms with van der Waals surface area (Å²) in [5.74, 6) is 5.04. The summed E-state index contributed by atoms with van der Waals surface area (Å²) >= 11 is 0. The van der Waals surface area contributed by atoms with E-state index in [1.807, 2.05) is 0 Å². The summed E-state index contributed by atoms with van der Waals surface area (Å²) in [6, 6.07) is 0. The van der Waals surface area contributed by atoms with Crippen molar-refractivity contribution in [1.82, 2.24) is 0 Å². The molecule has 2 aliphatic rings. The van der Waals surface area contributed by atoms with Crippen molar-refractivity contribution in [3.8, 4) is 0 Å². The van der Waals surface area contributed by atoms with Crippen LogP contribution in [-0.2, 0) is 0 Å². The van der Waals surface area contributed by atoms with Gasteiger partial charge in [0.2, 0.25) is 0 Å². The van der Waals surface area contributed by atoms with E-state index < -0.39 is 0 Å². The van der Waals surface area contributed by atoms with Crippen LogP contribution in [0.3, 0.4) is 0 Å². The van der Waals surface area contributed by atoms with Crippen LogP contribution in [0.1, 0.15) is 66.2 Å². The number of hydrogen-bond donors (Lipinski definition) is 0. The molecule has 19 heavy (non-hydrogen) atoms. The molecular formula is C19H32. The maximum atomic E-state index is 2.55. The Bertz CT molecular complexity index is 336. The minimum Gasteiger partial charge on any atom is -0.0917 e. The third-order valence-corrected chi connectivity index (χ3v) is 5.47. The third-order valence-electron chi connectivity index (χ3n) is 5.47. The van der Waals surface area contributed by atoms with Gasteiger partial charge in [-0.2, -0.15) is 0 Å². The zero-order chi connectivity index (χ0) is 13.8. The molecule has 108 valence electrons. The highest BCUT2D eigenvalue weighted by atomic mass is 14.6. The minimum atomic E-state index is 0.888.